The van der Waals surface area contributed by atoms with Crippen LogP contribution in [0.4, 0.5) is 5.82 Å². The Bertz CT molecular complexity index is 517. The molecule has 1 aromatic heterocycles. The summed E-state index contributed by atoms with van der Waals surface area (Å²) in [5, 5.41) is 6.84. The zero-order valence-electron chi connectivity index (χ0n) is 9.66. The monoisotopic (exact) mass is 217 g/mol. The van der Waals surface area contributed by atoms with Gasteiger partial charge in [-0.05, 0) is 37.1 Å². The molecular weight excluding hydrogens is 202 g/mol. The number of H-pyrrole nitrogens is 1. The van der Waals surface area contributed by atoms with Crippen molar-refractivity contribution in [2.45, 2.75) is 13.8 Å². The number of rotatable bonds is 2. The fourth-order valence-electron chi connectivity index (χ4n) is 1.77. The van der Waals surface area contributed by atoms with E-state index in [-0.39, 0.29) is 0 Å². The molecule has 2 aromatic rings. The highest BCUT2D eigenvalue weighted by atomic mass is 16.5. The number of aromatic nitrogens is 2. The van der Waals surface area contributed by atoms with Crippen LogP contribution in [0.3, 0.4) is 0 Å². The highest BCUT2D eigenvalue weighted by Crippen LogP contribution is 2.29. The molecule has 0 unspecified atom stereocenters. The van der Waals surface area contributed by atoms with Gasteiger partial charge in [0.15, 0.2) is 0 Å². The van der Waals surface area contributed by atoms with E-state index in [4.69, 9.17) is 10.5 Å². The van der Waals surface area contributed by atoms with Crippen molar-refractivity contribution in [3.8, 4) is 17.0 Å². The van der Waals surface area contributed by atoms with E-state index in [0.29, 0.717) is 5.82 Å². The summed E-state index contributed by atoms with van der Waals surface area (Å²) in [6.07, 6.45) is 0. The number of methoxy groups -OCH3 is 1. The second-order valence-electron chi connectivity index (χ2n) is 3.84. The average Bonchev–Trinajstić information content (AvgIpc) is 2.67. The molecule has 0 aliphatic rings. The van der Waals surface area contributed by atoms with Gasteiger partial charge in [0.1, 0.15) is 11.6 Å². The van der Waals surface area contributed by atoms with Gasteiger partial charge in [-0.3, -0.25) is 5.10 Å². The maximum Gasteiger partial charge on any atom is 0.145 e. The van der Waals surface area contributed by atoms with Crippen LogP contribution >= 0.6 is 0 Å². The summed E-state index contributed by atoms with van der Waals surface area (Å²) in [5.74, 6) is 1.40. The van der Waals surface area contributed by atoms with Crippen molar-refractivity contribution in [3.05, 3.63) is 29.3 Å². The van der Waals surface area contributed by atoms with Gasteiger partial charge in [0.05, 0.1) is 12.8 Å². The topological polar surface area (TPSA) is 63.9 Å². The fourth-order valence-corrected chi connectivity index (χ4v) is 1.77. The van der Waals surface area contributed by atoms with Crippen molar-refractivity contribution >= 4 is 5.82 Å². The van der Waals surface area contributed by atoms with Gasteiger partial charge in [-0.15, -0.1) is 0 Å². The summed E-state index contributed by atoms with van der Waals surface area (Å²) < 4.78 is 5.27. The van der Waals surface area contributed by atoms with Crippen molar-refractivity contribution < 1.29 is 4.74 Å². The van der Waals surface area contributed by atoms with E-state index in [1.807, 2.05) is 26.0 Å². The molecule has 16 heavy (non-hydrogen) atoms. The zero-order valence-corrected chi connectivity index (χ0v) is 9.66. The molecule has 2 rings (SSSR count). The third-order valence-electron chi connectivity index (χ3n) is 2.63. The summed E-state index contributed by atoms with van der Waals surface area (Å²) in [4.78, 5) is 0. The molecule has 0 aliphatic heterocycles. The van der Waals surface area contributed by atoms with Gasteiger partial charge in [-0.1, -0.05) is 0 Å². The van der Waals surface area contributed by atoms with Gasteiger partial charge < -0.3 is 10.5 Å². The molecule has 0 fully saturated rings. The molecular formula is C12H15N3O. The number of nitrogens with one attached hydrogen (secondary N) is 1. The van der Waals surface area contributed by atoms with Crippen LogP contribution in [-0.4, -0.2) is 17.3 Å². The van der Waals surface area contributed by atoms with E-state index in [0.717, 1.165) is 28.1 Å². The summed E-state index contributed by atoms with van der Waals surface area (Å²) >= 11 is 0. The van der Waals surface area contributed by atoms with Crippen LogP contribution in [0.2, 0.25) is 0 Å². The summed E-state index contributed by atoms with van der Waals surface area (Å²) in [6, 6.07) is 5.91. The molecule has 0 spiro atoms. The molecule has 0 saturated carbocycles. The lowest BCUT2D eigenvalue weighted by molar-refractivity contribution is 0.411. The minimum absolute atomic E-state index is 0.503. The minimum Gasteiger partial charge on any atom is -0.496 e. The average molecular weight is 217 g/mol. The standard InChI is InChI=1S/C12H15N3O/c1-7-5-11(16-3)8(2)4-9(7)10-6-12(13)15-14-10/h4-6H,1-3H3,(H3,13,14,15). The third kappa shape index (κ3) is 1.74. The van der Waals surface area contributed by atoms with Crippen molar-refractivity contribution in [1.82, 2.24) is 10.2 Å². The minimum atomic E-state index is 0.503. The molecule has 0 bridgehead atoms. The van der Waals surface area contributed by atoms with E-state index in [9.17, 15) is 0 Å². The second kappa shape index (κ2) is 3.89. The summed E-state index contributed by atoms with van der Waals surface area (Å²) in [5.41, 5.74) is 9.85. The van der Waals surface area contributed by atoms with Crippen LogP contribution in [-0.2, 0) is 0 Å². The van der Waals surface area contributed by atoms with E-state index in [1.54, 1.807) is 7.11 Å². The van der Waals surface area contributed by atoms with Crippen LogP contribution in [0.1, 0.15) is 11.1 Å². The number of ether oxygens (including phenoxy) is 1. The molecule has 1 aromatic carbocycles. The Labute approximate surface area is 94.4 Å². The Hall–Kier alpha value is -1.97. The molecule has 1 heterocycles. The first-order chi connectivity index (χ1) is 7.61. The van der Waals surface area contributed by atoms with E-state index in [1.165, 1.54) is 0 Å². The van der Waals surface area contributed by atoms with Crippen LogP contribution in [0, 0.1) is 13.8 Å². The lowest BCUT2D eigenvalue weighted by Crippen LogP contribution is -1.91. The first kappa shape index (κ1) is 10.5. The van der Waals surface area contributed by atoms with E-state index < -0.39 is 0 Å². The van der Waals surface area contributed by atoms with Gasteiger partial charge in [-0.2, -0.15) is 5.10 Å². The van der Waals surface area contributed by atoms with Crippen molar-refractivity contribution in [3.63, 3.8) is 0 Å². The lowest BCUT2D eigenvalue weighted by Gasteiger charge is -2.09. The number of aryl methyl sites for hydroxylation is 2. The summed E-state index contributed by atoms with van der Waals surface area (Å²) in [6.45, 7) is 4.05. The molecule has 84 valence electrons. The number of hydrogen-bond donors (Lipinski definition) is 2. The van der Waals surface area contributed by atoms with Crippen molar-refractivity contribution in [2.75, 3.05) is 12.8 Å². The predicted molar refractivity (Wildman–Crippen MR) is 64.5 cm³/mol. The first-order valence-corrected chi connectivity index (χ1v) is 5.08. The fraction of sp³-hybridized carbons (Fsp3) is 0.250. The number of anilines is 1. The van der Waals surface area contributed by atoms with Gasteiger partial charge in [0.2, 0.25) is 0 Å². The molecule has 0 amide bonds. The number of nitrogens with two attached hydrogens (primary N) is 1. The Morgan fingerprint density at radius 1 is 1.19 bits per heavy atom. The predicted octanol–water partition coefficient (Wildman–Crippen LogP) is 2.28. The van der Waals surface area contributed by atoms with Gasteiger partial charge >= 0.3 is 0 Å². The quantitative estimate of drug-likeness (QED) is 0.811. The molecule has 0 radical (unpaired) electrons. The van der Waals surface area contributed by atoms with Gasteiger partial charge in [0.25, 0.3) is 0 Å². The summed E-state index contributed by atoms with van der Waals surface area (Å²) in [7, 11) is 1.68. The van der Waals surface area contributed by atoms with Crippen molar-refractivity contribution in [1.29, 1.82) is 0 Å². The first-order valence-electron chi connectivity index (χ1n) is 5.08. The van der Waals surface area contributed by atoms with E-state index >= 15 is 0 Å². The molecule has 0 aliphatic carbocycles. The Kier molecular flexibility index (Phi) is 2.56. The van der Waals surface area contributed by atoms with E-state index in [2.05, 4.69) is 16.3 Å². The smallest absolute Gasteiger partial charge is 0.145 e. The molecule has 4 nitrogen and oxygen atoms in total. The number of nitrogens with zero attached hydrogens (tertiary/aromatic N) is 1. The Morgan fingerprint density at radius 3 is 2.50 bits per heavy atom. The number of benzene rings is 1. The SMILES string of the molecule is COc1cc(C)c(-c2cc(N)n[nH]2)cc1C. The second-order valence-corrected chi connectivity index (χ2v) is 3.84. The zero-order chi connectivity index (χ0) is 11.7. The van der Waals surface area contributed by atoms with Crippen LogP contribution in [0.25, 0.3) is 11.3 Å². The maximum atomic E-state index is 5.59. The number of aromatic amines is 1. The van der Waals surface area contributed by atoms with Crippen LogP contribution < -0.4 is 10.5 Å². The normalized spacial score (nSPS) is 10.4. The molecule has 0 atom stereocenters. The molecule has 3 N–H and O–H groups in total. The highest BCUT2D eigenvalue weighted by Gasteiger charge is 2.08. The van der Waals surface area contributed by atoms with Crippen LogP contribution in [0.5, 0.6) is 5.75 Å². The van der Waals surface area contributed by atoms with Gasteiger partial charge in [0, 0.05) is 11.6 Å². The number of hydrogen-bond acceptors (Lipinski definition) is 3. The Balaban J connectivity index is 2.54. The van der Waals surface area contributed by atoms with Crippen molar-refractivity contribution in [2.24, 2.45) is 0 Å². The number of nitrogen functional groups attached to an aromatic ring is 1. The molecule has 4 heteroatoms. The molecule has 0 saturated heterocycles. The third-order valence-corrected chi connectivity index (χ3v) is 2.63. The largest absolute Gasteiger partial charge is 0.496 e. The van der Waals surface area contributed by atoms with Gasteiger partial charge in [-0.25, -0.2) is 0 Å². The Morgan fingerprint density at radius 2 is 1.94 bits per heavy atom. The van der Waals surface area contributed by atoms with Crippen LogP contribution in [0.15, 0.2) is 18.2 Å². The highest BCUT2D eigenvalue weighted by molar-refractivity contribution is 5.68. The maximum absolute atomic E-state index is 5.59. The lowest BCUT2D eigenvalue weighted by atomic mass is 10.0.